The standard InChI is InChI=1S/C16H20N2O5/c1-16(2,15(21)22)17(3)13(19)8-9-18-11-6-4-5-7-12(11)23-10-14(18)20/h4-7H,8-10H2,1-3H3,(H,21,22). The Labute approximate surface area is 134 Å². The number of carbonyl (C=O) groups excluding carboxylic acids is 2. The molecule has 0 atom stereocenters. The largest absolute Gasteiger partial charge is 0.482 e. The average molecular weight is 320 g/mol. The molecule has 0 aromatic heterocycles. The molecule has 1 aliphatic heterocycles. The number of para-hydroxylation sites is 2. The van der Waals surface area contributed by atoms with Gasteiger partial charge in [0.15, 0.2) is 6.61 Å². The summed E-state index contributed by atoms with van der Waals surface area (Å²) >= 11 is 0. The first-order valence-electron chi connectivity index (χ1n) is 7.27. The van der Waals surface area contributed by atoms with Crippen molar-refractivity contribution < 1.29 is 24.2 Å². The smallest absolute Gasteiger partial charge is 0.329 e. The van der Waals surface area contributed by atoms with E-state index < -0.39 is 11.5 Å². The molecule has 1 heterocycles. The zero-order valence-corrected chi connectivity index (χ0v) is 13.4. The highest BCUT2D eigenvalue weighted by Crippen LogP contribution is 2.31. The van der Waals surface area contributed by atoms with Gasteiger partial charge in [-0.15, -0.1) is 0 Å². The summed E-state index contributed by atoms with van der Waals surface area (Å²) in [4.78, 5) is 38.2. The van der Waals surface area contributed by atoms with Gasteiger partial charge in [-0.1, -0.05) is 12.1 Å². The van der Waals surface area contributed by atoms with E-state index in [0.717, 1.165) is 0 Å². The summed E-state index contributed by atoms with van der Waals surface area (Å²) < 4.78 is 5.34. The first-order valence-corrected chi connectivity index (χ1v) is 7.27. The molecule has 23 heavy (non-hydrogen) atoms. The molecule has 0 bridgehead atoms. The SMILES string of the molecule is CN(C(=O)CCN1C(=O)COc2ccccc21)C(C)(C)C(=O)O. The molecule has 2 amide bonds. The summed E-state index contributed by atoms with van der Waals surface area (Å²) in [5, 5.41) is 9.17. The van der Waals surface area contributed by atoms with Crippen molar-refractivity contribution in [1.29, 1.82) is 0 Å². The van der Waals surface area contributed by atoms with E-state index in [1.54, 1.807) is 24.3 Å². The van der Waals surface area contributed by atoms with E-state index in [9.17, 15) is 19.5 Å². The summed E-state index contributed by atoms with van der Waals surface area (Å²) in [5.41, 5.74) is -0.680. The number of benzene rings is 1. The highest BCUT2D eigenvalue weighted by atomic mass is 16.5. The molecule has 1 aromatic rings. The zero-order chi connectivity index (χ0) is 17.2. The van der Waals surface area contributed by atoms with E-state index in [2.05, 4.69) is 0 Å². The number of rotatable bonds is 5. The topological polar surface area (TPSA) is 87.2 Å². The van der Waals surface area contributed by atoms with Crippen LogP contribution < -0.4 is 9.64 Å². The molecular formula is C16H20N2O5. The van der Waals surface area contributed by atoms with Crippen LogP contribution in [0.3, 0.4) is 0 Å². The highest BCUT2D eigenvalue weighted by molar-refractivity contribution is 5.98. The van der Waals surface area contributed by atoms with Gasteiger partial charge in [-0.25, -0.2) is 4.79 Å². The lowest BCUT2D eigenvalue weighted by Crippen LogP contribution is -2.51. The number of carboxylic acids is 1. The summed E-state index contributed by atoms with van der Waals surface area (Å²) in [6.07, 6.45) is 0.0350. The fourth-order valence-corrected chi connectivity index (χ4v) is 2.23. The number of hydrogen-bond donors (Lipinski definition) is 1. The van der Waals surface area contributed by atoms with Gasteiger partial charge < -0.3 is 19.6 Å². The van der Waals surface area contributed by atoms with Crippen LogP contribution in [0.15, 0.2) is 24.3 Å². The van der Waals surface area contributed by atoms with Gasteiger partial charge in [0.2, 0.25) is 5.91 Å². The number of hydrogen-bond acceptors (Lipinski definition) is 4. The highest BCUT2D eigenvalue weighted by Gasteiger charge is 2.35. The zero-order valence-electron chi connectivity index (χ0n) is 13.4. The van der Waals surface area contributed by atoms with Gasteiger partial charge in [0.1, 0.15) is 11.3 Å². The maximum Gasteiger partial charge on any atom is 0.329 e. The summed E-state index contributed by atoms with van der Waals surface area (Å²) in [6.45, 7) is 3.03. The van der Waals surface area contributed by atoms with E-state index in [1.807, 2.05) is 0 Å². The molecule has 0 spiro atoms. The van der Waals surface area contributed by atoms with Crippen LogP contribution in [0.25, 0.3) is 0 Å². The Bertz CT molecular complexity index is 641. The number of aliphatic carboxylic acids is 1. The van der Waals surface area contributed by atoms with Crippen LogP contribution in [0.5, 0.6) is 5.75 Å². The predicted molar refractivity (Wildman–Crippen MR) is 83.4 cm³/mol. The fraction of sp³-hybridized carbons (Fsp3) is 0.438. The summed E-state index contributed by atoms with van der Waals surface area (Å²) in [5.74, 6) is -1.05. The molecule has 2 rings (SSSR count). The number of carbonyl (C=O) groups is 3. The normalized spacial score (nSPS) is 14.0. The molecule has 0 saturated heterocycles. The number of fused-ring (bicyclic) bond motifs is 1. The maximum absolute atomic E-state index is 12.2. The average Bonchev–Trinajstić information content (AvgIpc) is 2.52. The lowest BCUT2D eigenvalue weighted by molar-refractivity contribution is -0.155. The van der Waals surface area contributed by atoms with E-state index in [1.165, 1.54) is 30.7 Å². The molecule has 0 fully saturated rings. The number of ether oxygens (including phenoxy) is 1. The molecule has 7 nitrogen and oxygen atoms in total. The molecule has 0 aliphatic carbocycles. The Morgan fingerprint density at radius 3 is 2.65 bits per heavy atom. The quantitative estimate of drug-likeness (QED) is 0.878. The van der Waals surface area contributed by atoms with Gasteiger partial charge >= 0.3 is 5.97 Å². The van der Waals surface area contributed by atoms with Crippen molar-refractivity contribution in [1.82, 2.24) is 4.90 Å². The van der Waals surface area contributed by atoms with Crippen LogP contribution in [-0.4, -0.2) is 53.5 Å². The molecule has 1 N–H and O–H groups in total. The molecule has 1 aliphatic rings. The Kier molecular flexibility index (Phi) is 4.58. The number of carboxylic acid groups (broad SMARTS) is 1. The number of likely N-dealkylation sites (N-methyl/N-ethyl adjacent to an activating group) is 1. The van der Waals surface area contributed by atoms with Crippen LogP contribution in [-0.2, 0) is 14.4 Å². The third-order valence-electron chi connectivity index (χ3n) is 4.09. The monoisotopic (exact) mass is 320 g/mol. The Morgan fingerprint density at radius 2 is 2.00 bits per heavy atom. The van der Waals surface area contributed by atoms with E-state index >= 15 is 0 Å². The van der Waals surface area contributed by atoms with Crippen molar-refractivity contribution in [3.8, 4) is 5.75 Å². The van der Waals surface area contributed by atoms with Crippen LogP contribution in [0.2, 0.25) is 0 Å². The fourth-order valence-electron chi connectivity index (χ4n) is 2.23. The summed E-state index contributed by atoms with van der Waals surface area (Å²) in [7, 11) is 1.45. The van der Waals surface area contributed by atoms with Gasteiger partial charge in [0, 0.05) is 20.0 Å². The van der Waals surface area contributed by atoms with Gasteiger partial charge in [-0.05, 0) is 26.0 Å². The second kappa shape index (κ2) is 6.28. The minimum absolute atomic E-state index is 0.0350. The Balaban J connectivity index is 2.07. The first kappa shape index (κ1) is 16.8. The minimum Gasteiger partial charge on any atom is -0.482 e. The van der Waals surface area contributed by atoms with Crippen LogP contribution >= 0.6 is 0 Å². The third kappa shape index (κ3) is 3.28. The van der Waals surface area contributed by atoms with E-state index in [-0.39, 0.29) is 31.4 Å². The third-order valence-corrected chi connectivity index (χ3v) is 4.09. The lowest BCUT2D eigenvalue weighted by atomic mass is 10.0. The summed E-state index contributed by atoms with van der Waals surface area (Å²) in [6, 6.07) is 7.11. The van der Waals surface area contributed by atoms with Gasteiger partial charge in [-0.2, -0.15) is 0 Å². The Morgan fingerprint density at radius 1 is 1.35 bits per heavy atom. The van der Waals surface area contributed by atoms with Crippen molar-refractivity contribution in [2.45, 2.75) is 25.8 Å². The van der Waals surface area contributed by atoms with E-state index in [0.29, 0.717) is 11.4 Å². The molecular weight excluding hydrogens is 300 g/mol. The molecule has 0 saturated carbocycles. The van der Waals surface area contributed by atoms with Crippen LogP contribution in [0.4, 0.5) is 5.69 Å². The number of nitrogens with zero attached hydrogens (tertiary/aromatic N) is 2. The van der Waals surface area contributed by atoms with Crippen molar-refractivity contribution in [3.63, 3.8) is 0 Å². The van der Waals surface area contributed by atoms with Crippen molar-refractivity contribution in [3.05, 3.63) is 24.3 Å². The van der Waals surface area contributed by atoms with Gasteiger partial charge in [0.05, 0.1) is 5.69 Å². The number of anilines is 1. The molecule has 7 heteroatoms. The number of amides is 2. The molecule has 124 valence electrons. The maximum atomic E-state index is 12.2. The Hall–Kier alpha value is -2.57. The van der Waals surface area contributed by atoms with Crippen molar-refractivity contribution in [2.75, 3.05) is 25.1 Å². The molecule has 1 aromatic carbocycles. The second-order valence-electron chi connectivity index (χ2n) is 5.87. The van der Waals surface area contributed by atoms with Gasteiger partial charge in [-0.3, -0.25) is 9.59 Å². The molecule has 0 radical (unpaired) electrons. The van der Waals surface area contributed by atoms with Crippen LogP contribution in [0.1, 0.15) is 20.3 Å². The second-order valence-corrected chi connectivity index (χ2v) is 5.87. The van der Waals surface area contributed by atoms with Gasteiger partial charge in [0.25, 0.3) is 5.91 Å². The lowest BCUT2D eigenvalue weighted by Gasteiger charge is -2.33. The molecule has 0 unspecified atom stereocenters. The predicted octanol–water partition coefficient (Wildman–Crippen LogP) is 1.12. The first-order chi connectivity index (χ1) is 10.7. The van der Waals surface area contributed by atoms with Crippen LogP contribution in [0, 0.1) is 0 Å². The van der Waals surface area contributed by atoms with Crippen molar-refractivity contribution >= 4 is 23.5 Å². The minimum atomic E-state index is -1.30. The van der Waals surface area contributed by atoms with Crippen molar-refractivity contribution in [2.24, 2.45) is 0 Å². The van der Waals surface area contributed by atoms with E-state index in [4.69, 9.17) is 4.74 Å².